The highest BCUT2D eigenvalue weighted by Crippen LogP contribution is 2.32. The van der Waals surface area contributed by atoms with Gasteiger partial charge in [-0.1, -0.05) is 12.1 Å². The minimum absolute atomic E-state index is 0.168. The predicted molar refractivity (Wildman–Crippen MR) is 107 cm³/mol. The van der Waals surface area contributed by atoms with E-state index in [-0.39, 0.29) is 18.6 Å². The number of rotatable bonds is 5. The molecule has 3 aromatic rings. The zero-order chi connectivity index (χ0) is 20.5. The van der Waals surface area contributed by atoms with Crippen molar-refractivity contribution in [2.24, 2.45) is 0 Å². The van der Waals surface area contributed by atoms with Crippen LogP contribution in [0, 0.1) is 0 Å². The molecule has 1 unspecified atom stereocenters. The first-order valence-electron chi connectivity index (χ1n) is 9.70. The summed E-state index contributed by atoms with van der Waals surface area (Å²) in [7, 11) is 0. The molecule has 0 spiro atoms. The lowest BCUT2D eigenvalue weighted by molar-refractivity contribution is -0.126. The molecule has 0 saturated heterocycles. The van der Waals surface area contributed by atoms with Crippen LogP contribution in [0.3, 0.4) is 0 Å². The Bertz CT molecular complexity index is 1100. The monoisotopic (exact) mass is 404 g/mol. The second kappa shape index (κ2) is 7.55. The summed E-state index contributed by atoms with van der Waals surface area (Å²) in [5.41, 5.74) is 2.35. The Kier molecular flexibility index (Phi) is 4.59. The molecule has 2 aliphatic rings. The normalized spacial score (nSPS) is 17.0. The van der Waals surface area contributed by atoms with Crippen LogP contribution in [0.4, 0.5) is 0 Å². The van der Waals surface area contributed by atoms with Crippen molar-refractivity contribution < 1.29 is 19.1 Å². The third-order valence-corrected chi connectivity index (χ3v) is 5.34. The molecule has 0 radical (unpaired) electrons. The summed E-state index contributed by atoms with van der Waals surface area (Å²) in [6, 6.07) is 12.3. The van der Waals surface area contributed by atoms with Crippen molar-refractivity contribution in [2.75, 3.05) is 6.79 Å². The Labute approximate surface area is 173 Å². The molecule has 2 aromatic heterocycles. The summed E-state index contributed by atoms with van der Waals surface area (Å²) in [4.78, 5) is 31.9. The number of nitrogens with one attached hydrogen (secondary N) is 1. The highest BCUT2D eigenvalue weighted by Gasteiger charge is 2.36. The molecule has 0 fully saturated rings. The van der Waals surface area contributed by atoms with E-state index in [2.05, 4.69) is 10.3 Å². The summed E-state index contributed by atoms with van der Waals surface area (Å²) in [6.45, 7) is 1.26. The fourth-order valence-corrected chi connectivity index (χ4v) is 3.79. The van der Waals surface area contributed by atoms with Gasteiger partial charge in [0.25, 0.3) is 5.91 Å². The predicted octanol–water partition coefficient (Wildman–Crippen LogP) is 1.95. The van der Waals surface area contributed by atoms with Crippen LogP contribution in [-0.2, 0) is 24.4 Å². The maximum absolute atomic E-state index is 13.1. The Morgan fingerprint density at radius 2 is 2.03 bits per heavy atom. The van der Waals surface area contributed by atoms with Crippen molar-refractivity contribution >= 4 is 11.8 Å². The van der Waals surface area contributed by atoms with Crippen LogP contribution in [0.5, 0.6) is 11.5 Å². The average molecular weight is 404 g/mol. The largest absolute Gasteiger partial charge is 0.454 e. The zero-order valence-electron chi connectivity index (χ0n) is 16.2. The van der Waals surface area contributed by atoms with Crippen molar-refractivity contribution in [2.45, 2.75) is 25.7 Å². The highest BCUT2D eigenvalue weighted by molar-refractivity contribution is 5.97. The number of aromatic nitrogens is 2. The molecule has 8 heteroatoms. The van der Waals surface area contributed by atoms with Gasteiger partial charge in [-0.2, -0.15) is 0 Å². The lowest BCUT2D eigenvalue weighted by Gasteiger charge is -2.35. The standard InChI is InChI=1S/C22H20N4O4/c27-21(24-11-15-5-6-19-20(9-15)30-14-29-19)18-13-25-8-2-4-17(25)22(28)26(18)12-16-3-1-7-23-10-16/h1-10,18H,11-14H2,(H,24,27). The maximum atomic E-state index is 13.1. The minimum atomic E-state index is -0.619. The van der Waals surface area contributed by atoms with Crippen LogP contribution in [0.1, 0.15) is 21.6 Å². The third-order valence-electron chi connectivity index (χ3n) is 5.34. The van der Waals surface area contributed by atoms with Gasteiger partial charge < -0.3 is 24.3 Å². The van der Waals surface area contributed by atoms with Gasteiger partial charge in [0.1, 0.15) is 11.7 Å². The lowest BCUT2D eigenvalue weighted by atomic mass is 10.1. The van der Waals surface area contributed by atoms with Gasteiger partial charge in [0.15, 0.2) is 11.5 Å². The van der Waals surface area contributed by atoms with Gasteiger partial charge in [0.2, 0.25) is 12.7 Å². The first kappa shape index (κ1) is 18.2. The zero-order valence-corrected chi connectivity index (χ0v) is 16.2. The molecular formula is C22H20N4O4. The summed E-state index contributed by atoms with van der Waals surface area (Å²) < 4.78 is 12.5. The van der Waals surface area contributed by atoms with Crippen molar-refractivity contribution in [3.63, 3.8) is 0 Å². The number of pyridine rings is 1. The molecule has 4 heterocycles. The molecule has 1 atom stereocenters. The van der Waals surface area contributed by atoms with Crippen LogP contribution in [-0.4, -0.2) is 39.1 Å². The number of amides is 2. The Hall–Kier alpha value is -3.81. The molecule has 5 rings (SSSR count). The van der Waals surface area contributed by atoms with E-state index in [0.717, 1.165) is 11.1 Å². The molecule has 2 aliphatic heterocycles. The van der Waals surface area contributed by atoms with Crippen molar-refractivity contribution in [1.29, 1.82) is 0 Å². The molecular weight excluding hydrogens is 384 g/mol. The maximum Gasteiger partial charge on any atom is 0.271 e. The molecule has 1 aromatic carbocycles. The van der Waals surface area contributed by atoms with E-state index in [1.807, 2.05) is 47.2 Å². The third kappa shape index (κ3) is 3.36. The number of benzene rings is 1. The fourth-order valence-electron chi connectivity index (χ4n) is 3.79. The second-order valence-corrected chi connectivity index (χ2v) is 7.26. The van der Waals surface area contributed by atoms with Crippen LogP contribution in [0.2, 0.25) is 0 Å². The number of carbonyl (C=O) groups is 2. The van der Waals surface area contributed by atoms with Gasteiger partial charge in [-0.3, -0.25) is 14.6 Å². The van der Waals surface area contributed by atoms with E-state index in [9.17, 15) is 9.59 Å². The van der Waals surface area contributed by atoms with Gasteiger partial charge in [0, 0.05) is 31.7 Å². The first-order valence-corrected chi connectivity index (χ1v) is 9.70. The van der Waals surface area contributed by atoms with E-state index in [1.54, 1.807) is 23.4 Å². The lowest BCUT2D eigenvalue weighted by Crippen LogP contribution is -2.54. The number of ether oxygens (including phenoxy) is 2. The number of hydrogen-bond donors (Lipinski definition) is 1. The van der Waals surface area contributed by atoms with Gasteiger partial charge >= 0.3 is 0 Å². The Morgan fingerprint density at radius 3 is 2.90 bits per heavy atom. The Balaban J connectivity index is 1.34. The molecule has 8 nitrogen and oxygen atoms in total. The van der Waals surface area contributed by atoms with E-state index in [0.29, 0.717) is 36.8 Å². The molecule has 0 aliphatic carbocycles. The van der Waals surface area contributed by atoms with Gasteiger partial charge in [-0.15, -0.1) is 0 Å². The molecule has 0 saturated carbocycles. The highest BCUT2D eigenvalue weighted by atomic mass is 16.7. The first-order chi connectivity index (χ1) is 14.7. The SMILES string of the molecule is O=C(NCc1ccc2c(c1)OCO2)C1Cn2cccc2C(=O)N1Cc1cccnc1. The van der Waals surface area contributed by atoms with Crippen LogP contribution in [0.15, 0.2) is 61.1 Å². The summed E-state index contributed by atoms with van der Waals surface area (Å²) in [5.74, 6) is 0.998. The summed E-state index contributed by atoms with van der Waals surface area (Å²) in [6.07, 6.45) is 5.22. The van der Waals surface area contributed by atoms with E-state index >= 15 is 0 Å². The number of hydrogen-bond acceptors (Lipinski definition) is 5. The minimum Gasteiger partial charge on any atom is -0.454 e. The molecule has 1 N–H and O–H groups in total. The summed E-state index contributed by atoms with van der Waals surface area (Å²) in [5, 5.41) is 2.96. The smallest absolute Gasteiger partial charge is 0.271 e. The van der Waals surface area contributed by atoms with Crippen LogP contribution in [0.25, 0.3) is 0 Å². The Morgan fingerprint density at radius 1 is 1.13 bits per heavy atom. The second-order valence-electron chi connectivity index (χ2n) is 7.26. The topological polar surface area (TPSA) is 85.7 Å². The molecule has 152 valence electrons. The van der Waals surface area contributed by atoms with E-state index in [1.165, 1.54) is 0 Å². The van der Waals surface area contributed by atoms with Crippen LogP contribution < -0.4 is 14.8 Å². The fraction of sp³-hybridized carbons (Fsp3) is 0.227. The summed E-state index contributed by atoms with van der Waals surface area (Å²) >= 11 is 0. The number of fused-ring (bicyclic) bond motifs is 2. The quantitative estimate of drug-likeness (QED) is 0.703. The average Bonchev–Trinajstić information content (AvgIpc) is 3.43. The van der Waals surface area contributed by atoms with Crippen molar-refractivity contribution in [3.05, 3.63) is 77.9 Å². The van der Waals surface area contributed by atoms with Gasteiger partial charge in [0.05, 0.1) is 6.54 Å². The van der Waals surface area contributed by atoms with E-state index in [4.69, 9.17) is 9.47 Å². The molecule has 30 heavy (non-hydrogen) atoms. The van der Waals surface area contributed by atoms with Crippen LogP contribution >= 0.6 is 0 Å². The van der Waals surface area contributed by atoms with Crippen molar-refractivity contribution in [1.82, 2.24) is 19.8 Å². The number of nitrogens with zero attached hydrogens (tertiary/aromatic N) is 3. The number of carbonyl (C=O) groups excluding carboxylic acids is 2. The van der Waals surface area contributed by atoms with E-state index < -0.39 is 6.04 Å². The molecule has 0 bridgehead atoms. The van der Waals surface area contributed by atoms with Gasteiger partial charge in [-0.05, 0) is 41.5 Å². The van der Waals surface area contributed by atoms with Gasteiger partial charge in [-0.25, -0.2) is 0 Å². The van der Waals surface area contributed by atoms with Crippen molar-refractivity contribution in [3.8, 4) is 11.5 Å². The molecule has 2 amide bonds.